The maximum absolute atomic E-state index is 12.9. The number of imide groups is 1. The van der Waals surface area contributed by atoms with Gasteiger partial charge in [0, 0.05) is 13.1 Å². The molecule has 10 heteroatoms. The molecule has 0 atom stereocenters. The van der Waals surface area contributed by atoms with E-state index < -0.39 is 29.3 Å². The number of halogens is 4. The van der Waals surface area contributed by atoms with Crippen LogP contribution in [0.2, 0.25) is 5.15 Å². The van der Waals surface area contributed by atoms with Gasteiger partial charge in [0.1, 0.15) is 16.6 Å². The minimum Gasteiger partial charge on any atom is -0.443 e. The fourth-order valence-electron chi connectivity index (χ4n) is 2.19. The number of anilines is 1. The van der Waals surface area contributed by atoms with Gasteiger partial charge < -0.3 is 9.64 Å². The van der Waals surface area contributed by atoms with Crippen molar-refractivity contribution in [1.82, 2.24) is 9.88 Å². The number of aromatic nitrogens is 1. The van der Waals surface area contributed by atoms with Crippen molar-refractivity contribution in [3.63, 3.8) is 0 Å². The lowest BCUT2D eigenvalue weighted by molar-refractivity contribution is -0.137. The first kappa shape index (κ1) is 19.3. The molecule has 1 saturated heterocycles. The van der Waals surface area contributed by atoms with Crippen LogP contribution in [0.15, 0.2) is 12.1 Å². The van der Waals surface area contributed by atoms with Crippen molar-refractivity contribution in [2.24, 2.45) is 0 Å². The fraction of sp³-hybridized carbons (Fsp3) is 0.533. The summed E-state index contributed by atoms with van der Waals surface area (Å²) in [4.78, 5) is 30.3. The first-order valence-electron chi connectivity index (χ1n) is 7.40. The summed E-state index contributed by atoms with van der Waals surface area (Å²) in [5.41, 5.74) is -1.71. The molecule has 25 heavy (non-hydrogen) atoms. The van der Waals surface area contributed by atoms with Crippen LogP contribution in [0.1, 0.15) is 26.3 Å². The lowest BCUT2D eigenvalue weighted by atomic mass is 10.2. The Morgan fingerprint density at radius 3 is 2.40 bits per heavy atom. The number of ether oxygens (including phenoxy) is 1. The molecule has 1 aromatic rings. The molecule has 0 N–H and O–H groups in total. The maximum atomic E-state index is 12.9. The van der Waals surface area contributed by atoms with Gasteiger partial charge in [-0.3, -0.25) is 4.79 Å². The first-order valence-corrected chi connectivity index (χ1v) is 7.78. The molecule has 1 aliphatic rings. The second-order valence-corrected chi connectivity index (χ2v) is 6.87. The summed E-state index contributed by atoms with van der Waals surface area (Å²) in [5, 5.41) is -0.327. The van der Waals surface area contributed by atoms with Crippen LogP contribution in [-0.4, -0.2) is 47.1 Å². The number of rotatable bonds is 1. The average Bonchev–Trinajstić information content (AvgIpc) is 2.43. The third-order valence-corrected chi connectivity index (χ3v) is 3.46. The van der Waals surface area contributed by atoms with Crippen molar-refractivity contribution in [1.29, 1.82) is 0 Å². The molecule has 6 nitrogen and oxygen atoms in total. The second-order valence-electron chi connectivity index (χ2n) is 6.48. The molecule has 2 rings (SSSR count). The Bertz CT molecular complexity index is 689. The number of pyridine rings is 1. The second kappa shape index (κ2) is 6.70. The zero-order valence-corrected chi connectivity index (χ0v) is 14.6. The summed E-state index contributed by atoms with van der Waals surface area (Å²) in [6.45, 7) is 4.79. The molecule has 1 fully saturated rings. The number of hydrogen-bond donors (Lipinski definition) is 0. The van der Waals surface area contributed by atoms with Crippen LogP contribution in [0, 0.1) is 0 Å². The van der Waals surface area contributed by atoms with Crippen molar-refractivity contribution < 1.29 is 27.5 Å². The van der Waals surface area contributed by atoms with E-state index in [0.717, 1.165) is 11.0 Å². The van der Waals surface area contributed by atoms with Gasteiger partial charge in [-0.05, 0) is 32.9 Å². The van der Waals surface area contributed by atoms with Crippen LogP contribution in [0.5, 0.6) is 0 Å². The largest absolute Gasteiger partial charge is 0.443 e. The van der Waals surface area contributed by atoms with Gasteiger partial charge >= 0.3 is 12.3 Å². The van der Waals surface area contributed by atoms with E-state index in [1.54, 1.807) is 20.8 Å². The van der Waals surface area contributed by atoms with E-state index in [4.69, 9.17) is 16.3 Å². The van der Waals surface area contributed by atoms with Crippen LogP contribution in [-0.2, 0) is 15.7 Å². The summed E-state index contributed by atoms with van der Waals surface area (Å²) in [6, 6.07) is 1.53. The quantitative estimate of drug-likeness (QED) is 0.700. The van der Waals surface area contributed by atoms with Crippen LogP contribution < -0.4 is 4.90 Å². The van der Waals surface area contributed by atoms with Gasteiger partial charge in [-0.2, -0.15) is 13.2 Å². The Morgan fingerprint density at radius 2 is 1.88 bits per heavy atom. The first-order chi connectivity index (χ1) is 11.4. The molecule has 0 bridgehead atoms. The van der Waals surface area contributed by atoms with E-state index in [9.17, 15) is 22.8 Å². The Labute approximate surface area is 147 Å². The molecule has 0 unspecified atom stereocenters. The van der Waals surface area contributed by atoms with E-state index in [0.29, 0.717) is 6.07 Å². The number of carbonyl (C=O) groups is 2. The van der Waals surface area contributed by atoms with E-state index in [-0.39, 0.29) is 30.6 Å². The topological polar surface area (TPSA) is 62.7 Å². The summed E-state index contributed by atoms with van der Waals surface area (Å²) in [5.74, 6) is -0.659. The lowest BCUT2D eigenvalue weighted by Gasteiger charge is -2.34. The van der Waals surface area contributed by atoms with Crippen LogP contribution >= 0.6 is 11.6 Å². The Kier molecular flexibility index (Phi) is 5.17. The third-order valence-electron chi connectivity index (χ3n) is 3.27. The lowest BCUT2D eigenvalue weighted by Crippen LogP contribution is -2.54. The fourth-order valence-corrected chi connectivity index (χ4v) is 2.39. The molecule has 2 heterocycles. The molecule has 138 valence electrons. The maximum Gasteiger partial charge on any atom is 0.417 e. The highest BCUT2D eigenvalue weighted by Gasteiger charge is 2.35. The minimum absolute atomic E-state index is 0.0245. The molecule has 0 aromatic carbocycles. The normalized spacial score (nSPS) is 16.2. The highest BCUT2D eigenvalue weighted by molar-refractivity contribution is 6.29. The predicted octanol–water partition coefficient (Wildman–Crippen LogP) is 3.34. The number of piperazine rings is 1. The Morgan fingerprint density at radius 1 is 1.24 bits per heavy atom. The summed E-state index contributed by atoms with van der Waals surface area (Å²) >= 11 is 5.66. The van der Waals surface area contributed by atoms with E-state index in [1.165, 1.54) is 4.90 Å². The van der Waals surface area contributed by atoms with Crippen LogP contribution in [0.4, 0.5) is 23.8 Å². The molecule has 0 saturated carbocycles. The molecule has 0 radical (unpaired) electrons. The number of carbonyl (C=O) groups excluding carboxylic acids is 2. The predicted molar refractivity (Wildman–Crippen MR) is 84.4 cm³/mol. The van der Waals surface area contributed by atoms with E-state index in [1.807, 2.05) is 0 Å². The van der Waals surface area contributed by atoms with Gasteiger partial charge in [-0.25, -0.2) is 14.7 Å². The SMILES string of the molecule is CC(C)(C)OC(=O)N1CCN(c2cc(C(F)(F)F)cc(Cl)n2)CC1=O. The zero-order chi connectivity index (χ0) is 19.0. The van der Waals surface area contributed by atoms with Crippen molar-refractivity contribution in [2.75, 3.05) is 24.5 Å². The molecule has 2 amide bonds. The van der Waals surface area contributed by atoms with Crippen molar-refractivity contribution in [3.05, 3.63) is 22.8 Å². The van der Waals surface area contributed by atoms with Crippen molar-refractivity contribution in [2.45, 2.75) is 32.5 Å². The van der Waals surface area contributed by atoms with Gasteiger partial charge in [0.05, 0.1) is 12.1 Å². The van der Waals surface area contributed by atoms with Crippen LogP contribution in [0.3, 0.4) is 0 Å². The van der Waals surface area contributed by atoms with Gasteiger partial charge in [0.15, 0.2) is 0 Å². The zero-order valence-electron chi connectivity index (χ0n) is 13.9. The molecule has 0 spiro atoms. The van der Waals surface area contributed by atoms with Gasteiger partial charge in [0.25, 0.3) is 5.91 Å². The number of alkyl halides is 3. The summed E-state index contributed by atoms with van der Waals surface area (Å²) < 4.78 is 43.8. The van der Waals surface area contributed by atoms with E-state index >= 15 is 0 Å². The Balaban J connectivity index is 2.15. The van der Waals surface area contributed by atoms with Gasteiger partial charge in [-0.15, -0.1) is 0 Å². The average molecular weight is 380 g/mol. The highest BCUT2D eigenvalue weighted by atomic mass is 35.5. The molecular formula is C15H17ClF3N3O3. The highest BCUT2D eigenvalue weighted by Crippen LogP contribution is 2.33. The molecular weight excluding hydrogens is 363 g/mol. The Hall–Kier alpha value is -2.03. The summed E-state index contributed by atoms with van der Waals surface area (Å²) in [6.07, 6.45) is -5.36. The molecule has 0 aliphatic carbocycles. The monoisotopic (exact) mass is 379 g/mol. The molecule has 1 aliphatic heterocycles. The summed E-state index contributed by atoms with van der Waals surface area (Å²) in [7, 11) is 0. The minimum atomic E-state index is -4.58. The number of amides is 2. The number of nitrogens with zero attached hydrogens (tertiary/aromatic N) is 3. The third kappa shape index (κ3) is 4.97. The number of hydrogen-bond acceptors (Lipinski definition) is 5. The van der Waals surface area contributed by atoms with Gasteiger partial charge in [0.2, 0.25) is 0 Å². The van der Waals surface area contributed by atoms with Crippen LogP contribution in [0.25, 0.3) is 0 Å². The van der Waals surface area contributed by atoms with Gasteiger partial charge in [-0.1, -0.05) is 11.6 Å². The van der Waals surface area contributed by atoms with Crippen molar-refractivity contribution >= 4 is 29.4 Å². The van der Waals surface area contributed by atoms with Crippen molar-refractivity contribution in [3.8, 4) is 0 Å². The smallest absolute Gasteiger partial charge is 0.417 e. The standard InChI is InChI=1S/C15H17ClF3N3O3/c1-14(2,3)25-13(24)22-5-4-21(8-12(22)23)11-7-9(15(17,18)19)6-10(16)20-11/h6-7H,4-5,8H2,1-3H3. The molecule has 1 aromatic heterocycles. The van der Waals surface area contributed by atoms with E-state index in [2.05, 4.69) is 4.98 Å².